The van der Waals surface area contributed by atoms with Gasteiger partial charge in [-0.25, -0.2) is 0 Å². The lowest BCUT2D eigenvalue weighted by molar-refractivity contribution is -0.138. The van der Waals surface area contributed by atoms with E-state index in [4.69, 9.17) is 10.8 Å². The molecule has 0 heterocycles. The van der Waals surface area contributed by atoms with Gasteiger partial charge in [-0.15, -0.1) is 0 Å². The predicted octanol–water partition coefficient (Wildman–Crippen LogP) is 1.23. The zero-order valence-corrected chi connectivity index (χ0v) is 10.5. The van der Waals surface area contributed by atoms with Gasteiger partial charge in [-0.1, -0.05) is 12.1 Å². The van der Waals surface area contributed by atoms with E-state index in [0.29, 0.717) is 13.0 Å². The molecule has 0 aromatic heterocycles. The van der Waals surface area contributed by atoms with Gasteiger partial charge in [0.05, 0.1) is 0 Å². The van der Waals surface area contributed by atoms with Crippen molar-refractivity contribution in [2.45, 2.75) is 31.8 Å². The smallest absolute Gasteiger partial charge is 0.320 e. The number of rotatable bonds is 7. The number of carbonyl (C=O) groups is 1. The molecule has 5 nitrogen and oxygen atoms in total. The molecule has 0 bridgehead atoms. The molecule has 0 spiro atoms. The van der Waals surface area contributed by atoms with Gasteiger partial charge in [-0.2, -0.15) is 0 Å². The van der Waals surface area contributed by atoms with Gasteiger partial charge in [0.2, 0.25) is 0 Å². The van der Waals surface area contributed by atoms with Crippen molar-refractivity contribution in [3.8, 4) is 5.75 Å². The molecule has 18 heavy (non-hydrogen) atoms. The Morgan fingerprint density at radius 2 is 2.00 bits per heavy atom. The van der Waals surface area contributed by atoms with Crippen molar-refractivity contribution >= 4 is 5.97 Å². The van der Waals surface area contributed by atoms with Crippen molar-refractivity contribution < 1.29 is 15.0 Å². The molecular weight excluding hydrogens is 232 g/mol. The van der Waals surface area contributed by atoms with Crippen LogP contribution in [0.3, 0.4) is 0 Å². The Morgan fingerprint density at radius 1 is 1.39 bits per heavy atom. The normalized spacial score (nSPS) is 14.1. The van der Waals surface area contributed by atoms with Crippen molar-refractivity contribution in [2.75, 3.05) is 6.54 Å². The fourth-order valence-corrected chi connectivity index (χ4v) is 1.64. The van der Waals surface area contributed by atoms with Gasteiger partial charge < -0.3 is 21.3 Å². The molecule has 0 unspecified atom stereocenters. The monoisotopic (exact) mass is 252 g/mol. The number of carboxylic acid groups (broad SMARTS) is 1. The molecule has 0 aliphatic rings. The van der Waals surface area contributed by atoms with Gasteiger partial charge >= 0.3 is 5.97 Å². The van der Waals surface area contributed by atoms with E-state index < -0.39 is 12.0 Å². The number of hydrogen-bond donors (Lipinski definition) is 4. The van der Waals surface area contributed by atoms with Crippen molar-refractivity contribution in [3.05, 3.63) is 29.8 Å². The Balaban J connectivity index is 2.27. The molecule has 2 atom stereocenters. The summed E-state index contributed by atoms with van der Waals surface area (Å²) in [7, 11) is 0. The molecule has 5 N–H and O–H groups in total. The summed E-state index contributed by atoms with van der Waals surface area (Å²) < 4.78 is 0. The van der Waals surface area contributed by atoms with Crippen LogP contribution >= 0.6 is 0 Å². The second-order valence-electron chi connectivity index (χ2n) is 4.35. The number of phenols is 1. The van der Waals surface area contributed by atoms with Gasteiger partial charge in [-0.3, -0.25) is 4.79 Å². The van der Waals surface area contributed by atoms with Crippen LogP contribution in [0.1, 0.15) is 31.4 Å². The second kappa shape index (κ2) is 6.98. The first-order chi connectivity index (χ1) is 8.50. The van der Waals surface area contributed by atoms with E-state index in [1.54, 1.807) is 12.1 Å². The van der Waals surface area contributed by atoms with E-state index in [9.17, 15) is 9.90 Å². The summed E-state index contributed by atoms with van der Waals surface area (Å²) in [5.41, 5.74) is 6.49. The number of aromatic hydroxyl groups is 1. The maximum Gasteiger partial charge on any atom is 0.320 e. The number of carboxylic acids is 1. The molecule has 0 saturated heterocycles. The van der Waals surface area contributed by atoms with Gasteiger partial charge in [0, 0.05) is 6.04 Å². The van der Waals surface area contributed by atoms with Crippen LogP contribution in [0.5, 0.6) is 5.75 Å². The maximum absolute atomic E-state index is 10.5. The number of phenolic OH excluding ortho intramolecular Hbond substituents is 1. The Labute approximate surface area is 107 Å². The zero-order chi connectivity index (χ0) is 13.5. The summed E-state index contributed by atoms with van der Waals surface area (Å²) in [6.45, 7) is 2.73. The van der Waals surface area contributed by atoms with Crippen LogP contribution < -0.4 is 11.1 Å². The number of nitrogens with two attached hydrogens (primary N) is 1. The molecule has 0 aliphatic carbocycles. The highest BCUT2D eigenvalue weighted by atomic mass is 16.4. The van der Waals surface area contributed by atoms with E-state index in [1.807, 2.05) is 19.1 Å². The number of nitrogens with one attached hydrogen (secondary N) is 1. The first kappa shape index (κ1) is 14.5. The second-order valence-corrected chi connectivity index (χ2v) is 4.35. The van der Waals surface area contributed by atoms with Gasteiger partial charge in [0.15, 0.2) is 0 Å². The van der Waals surface area contributed by atoms with E-state index in [0.717, 1.165) is 12.0 Å². The number of aliphatic carboxylic acids is 1. The van der Waals surface area contributed by atoms with E-state index >= 15 is 0 Å². The van der Waals surface area contributed by atoms with Gasteiger partial charge in [0.1, 0.15) is 11.8 Å². The third kappa shape index (κ3) is 4.73. The largest absolute Gasteiger partial charge is 0.508 e. The average Bonchev–Trinajstić information content (AvgIpc) is 2.34. The number of hydrogen-bond acceptors (Lipinski definition) is 4. The van der Waals surface area contributed by atoms with Crippen LogP contribution in [0.15, 0.2) is 24.3 Å². The van der Waals surface area contributed by atoms with Crippen molar-refractivity contribution in [2.24, 2.45) is 5.73 Å². The fraction of sp³-hybridized carbons (Fsp3) is 0.462. The molecule has 1 aromatic rings. The van der Waals surface area contributed by atoms with Crippen molar-refractivity contribution in [3.63, 3.8) is 0 Å². The fourth-order valence-electron chi connectivity index (χ4n) is 1.64. The minimum atomic E-state index is -0.957. The number of benzene rings is 1. The van der Waals surface area contributed by atoms with E-state index in [-0.39, 0.29) is 11.8 Å². The molecular formula is C13H20N2O3. The highest BCUT2D eigenvalue weighted by Crippen LogP contribution is 2.16. The van der Waals surface area contributed by atoms with Crippen LogP contribution in [0, 0.1) is 0 Å². The molecule has 0 fully saturated rings. The van der Waals surface area contributed by atoms with Gasteiger partial charge in [0.25, 0.3) is 0 Å². The lowest BCUT2D eigenvalue weighted by atomic mass is 10.1. The molecule has 1 aromatic carbocycles. The first-order valence-electron chi connectivity index (χ1n) is 6.01. The molecule has 0 aliphatic heterocycles. The van der Waals surface area contributed by atoms with Crippen LogP contribution in [-0.2, 0) is 4.79 Å². The van der Waals surface area contributed by atoms with E-state index in [1.165, 1.54) is 0 Å². The van der Waals surface area contributed by atoms with E-state index in [2.05, 4.69) is 5.32 Å². The summed E-state index contributed by atoms with van der Waals surface area (Å²) in [5.74, 6) is -0.708. The minimum Gasteiger partial charge on any atom is -0.508 e. The lowest BCUT2D eigenvalue weighted by Gasteiger charge is -2.14. The third-order valence-corrected chi connectivity index (χ3v) is 2.85. The van der Waals surface area contributed by atoms with Crippen LogP contribution in [0.25, 0.3) is 0 Å². The Hall–Kier alpha value is -1.59. The SMILES string of the molecule is C[C@@H](NCCC[C@@H](N)C(=O)O)c1ccc(O)cc1. The highest BCUT2D eigenvalue weighted by Gasteiger charge is 2.10. The quantitative estimate of drug-likeness (QED) is 0.547. The summed E-state index contributed by atoms with van der Waals surface area (Å²) in [6.07, 6.45) is 1.18. The van der Waals surface area contributed by atoms with Crippen molar-refractivity contribution in [1.82, 2.24) is 5.32 Å². The molecule has 0 radical (unpaired) electrons. The zero-order valence-electron chi connectivity index (χ0n) is 10.5. The standard InChI is InChI=1S/C13H20N2O3/c1-9(10-4-6-11(16)7-5-10)15-8-2-3-12(14)13(17)18/h4-7,9,12,15-16H,2-3,8,14H2,1H3,(H,17,18)/t9-,12-/m1/s1. The summed E-state index contributed by atoms with van der Waals surface area (Å²) in [4.78, 5) is 10.5. The average molecular weight is 252 g/mol. The Bertz CT molecular complexity index is 378. The minimum absolute atomic E-state index is 0.159. The van der Waals surface area contributed by atoms with Gasteiger partial charge in [-0.05, 0) is 44.0 Å². The predicted molar refractivity (Wildman–Crippen MR) is 69.4 cm³/mol. The molecule has 0 amide bonds. The Morgan fingerprint density at radius 3 is 2.56 bits per heavy atom. The van der Waals surface area contributed by atoms with Crippen LogP contribution in [-0.4, -0.2) is 28.8 Å². The summed E-state index contributed by atoms with van der Waals surface area (Å²) >= 11 is 0. The molecule has 0 saturated carbocycles. The van der Waals surface area contributed by atoms with Crippen molar-refractivity contribution in [1.29, 1.82) is 0 Å². The maximum atomic E-state index is 10.5. The first-order valence-corrected chi connectivity index (χ1v) is 6.01. The lowest BCUT2D eigenvalue weighted by Crippen LogP contribution is -2.31. The summed E-state index contributed by atoms with van der Waals surface area (Å²) in [5, 5.41) is 21.1. The van der Waals surface area contributed by atoms with Crippen LogP contribution in [0.2, 0.25) is 0 Å². The molecule has 100 valence electrons. The van der Waals surface area contributed by atoms with Crippen LogP contribution in [0.4, 0.5) is 0 Å². The third-order valence-electron chi connectivity index (χ3n) is 2.85. The topological polar surface area (TPSA) is 95.6 Å². The summed E-state index contributed by atoms with van der Waals surface area (Å²) in [6, 6.07) is 6.38. The Kier molecular flexibility index (Phi) is 5.61. The highest BCUT2D eigenvalue weighted by molar-refractivity contribution is 5.72. The molecule has 5 heteroatoms. The molecule has 1 rings (SSSR count).